The quantitative estimate of drug-likeness (QED) is 0.724. The van der Waals surface area contributed by atoms with Crippen LogP contribution in [-0.4, -0.2) is 29.8 Å². The largest absolute Gasteiger partial charge is 0.370 e. The third kappa shape index (κ3) is 11.9. The third-order valence-corrected chi connectivity index (χ3v) is 2.59. The summed E-state index contributed by atoms with van der Waals surface area (Å²) in [6.45, 7) is 8.64. The zero-order valence-corrected chi connectivity index (χ0v) is 14.2. The van der Waals surface area contributed by atoms with Gasteiger partial charge in [-0.2, -0.15) is 0 Å². The maximum atomic E-state index is 11.3. The fourth-order valence-electron chi connectivity index (χ4n) is 1.57. The number of hydrogen-bond acceptors (Lipinski definition) is 4. The van der Waals surface area contributed by atoms with Crippen molar-refractivity contribution in [2.75, 3.05) is 18.4 Å². The van der Waals surface area contributed by atoms with Gasteiger partial charge in [0, 0.05) is 19.2 Å². The van der Waals surface area contributed by atoms with Crippen LogP contribution in [0.3, 0.4) is 0 Å². The van der Waals surface area contributed by atoms with Crippen molar-refractivity contribution < 1.29 is 9.59 Å². The molecule has 0 unspecified atom stereocenters. The number of Topliss-reactive ketones (excluding diaryl/α,β-unsaturated/α-hetero) is 1. The lowest BCUT2D eigenvalue weighted by Gasteiger charge is -2.06. The Bertz CT molecular complexity index is 447. The van der Waals surface area contributed by atoms with E-state index in [2.05, 4.69) is 29.5 Å². The zero-order valence-electron chi connectivity index (χ0n) is 14.2. The summed E-state index contributed by atoms with van der Waals surface area (Å²) in [6.07, 6.45) is 5.16. The highest BCUT2D eigenvalue weighted by molar-refractivity contribution is 5.84. The number of rotatable bonds is 8. The molecule has 0 aromatic carbocycles. The Morgan fingerprint density at radius 1 is 1.23 bits per heavy atom. The molecule has 0 aliphatic carbocycles. The molecule has 124 valence electrons. The molecule has 5 heteroatoms. The summed E-state index contributed by atoms with van der Waals surface area (Å²) in [5, 5.41) is 5.79. The Morgan fingerprint density at radius 2 is 1.91 bits per heavy atom. The van der Waals surface area contributed by atoms with Crippen molar-refractivity contribution in [2.45, 2.75) is 53.4 Å². The van der Waals surface area contributed by atoms with Crippen LogP contribution in [0, 0.1) is 6.92 Å². The number of amides is 1. The number of carbonyl (C=O) groups excluding carboxylic acids is 2. The van der Waals surface area contributed by atoms with Crippen LogP contribution in [-0.2, 0) is 9.59 Å². The molecule has 22 heavy (non-hydrogen) atoms. The Kier molecular flexibility index (Phi) is 11.7. The van der Waals surface area contributed by atoms with E-state index in [1.807, 2.05) is 19.1 Å². The maximum absolute atomic E-state index is 11.3. The van der Waals surface area contributed by atoms with Gasteiger partial charge in [0.15, 0.2) is 0 Å². The summed E-state index contributed by atoms with van der Waals surface area (Å²) < 4.78 is 0. The number of unbranched alkanes of at least 4 members (excludes halogenated alkanes) is 1. The molecule has 1 amide bonds. The van der Waals surface area contributed by atoms with Crippen LogP contribution < -0.4 is 10.6 Å². The first-order valence-corrected chi connectivity index (χ1v) is 7.92. The Morgan fingerprint density at radius 3 is 2.50 bits per heavy atom. The van der Waals surface area contributed by atoms with Gasteiger partial charge in [-0.1, -0.05) is 20.3 Å². The van der Waals surface area contributed by atoms with Gasteiger partial charge in [0.05, 0.1) is 6.54 Å². The second-order valence-electron chi connectivity index (χ2n) is 5.29. The molecular weight excluding hydrogens is 278 g/mol. The van der Waals surface area contributed by atoms with E-state index in [0.29, 0.717) is 6.42 Å². The van der Waals surface area contributed by atoms with E-state index < -0.39 is 0 Å². The first-order chi connectivity index (χ1) is 10.5. The Hall–Kier alpha value is -1.91. The average Bonchev–Trinajstić information content (AvgIpc) is 2.45. The highest BCUT2D eigenvalue weighted by Gasteiger charge is 2.01. The van der Waals surface area contributed by atoms with Gasteiger partial charge in [-0.25, -0.2) is 4.98 Å². The smallest absolute Gasteiger partial charge is 0.220 e. The van der Waals surface area contributed by atoms with Crippen molar-refractivity contribution in [2.24, 2.45) is 0 Å². The number of hydrogen-bond donors (Lipinski definition) is 2. The summed E-state index contributed by atoms with van der Waals surface area (Å²) in [7, 11) is 0. The lowest BCUT2D eigenvalue weighted by molar-refractivity contribution is -0.124. The fraction of sp³-hybridized carbons (Fsp3) is 0.588. The molecule has 0 aliphatic heterocycles. The number of ketones is 1. The van der Waals surface area contributed by atoms with E-state index in [9.17, 15) is 9.59 Å². The van der Waals surface area contributed by atoms with Crippen LogP contribution in [0.1, 0.15) is 52.0 Å². The minimum Gasteiger partial charge on any atom is -0.370 e. The van der Waals surface area contributed by atoms with Gasteiger partial charge in [0.2, 0.25) is 5.91 Å². The molecule has 1 rings (SSSR count). The molecule has 0 aliphatic rings. The van der Waals surface area contributed by atoms with Crippen molar-refractivity contribution >= 4 is 17.5 Å². The van der Waals surface area contributed by atoms with Crippen LogP contribution in [0.15, 0.2) is 18.3 Å². The van der Waals surface area contributed by atoms with Crippen LogP contribution in [0.4, 0.5) is 5.82 Å². The summed E-state index contributed by atoms with van der Waals surface area (Å²) in [4.78, 5) is 26.2. The van der Waals surface area contributed by atoms with Crippen molar-refractivity contribution in [1.29, 1.82) is 0 Å². The highest BCUT2D eigenvalue weighted by Crippen LogP contribution is 2.05. The molecule has 5 nitrogen and oxygen atoms in total. The molecule has 0 radical (unpaired) electrons. The monoisotopic (exact) mass is 307 g/mol. The van der Waals surface area contributed by atoms with Crippen molar-refractivity contribution in [1.82, 2.24) is 10.3 Å². The van der Waals surface area contributed by atoms with E-state index in [-0.39, 0.29) is 18.2 Å². The van der Waals surface area contributed by atoms with Gasteiger partial charge in [-0.3, -0.25) is 9.59 Å². The van der Waals surface area contributed by atoms with Crippen molar-refractivity contribution in [3.8, 4) is 0 Å². The third-order valence-electron chi connectivity index (χ3n) is 2.59. The number of aryl methyl sites for hydroxylation is 1. The minimum atomic E-state index is -0.0659. The molecule has 0 spiro atoms. The molecule has 0 fully saturated rings. The number of anilines is 1. The summed E-state index contributed by atoms with van der Waals surface area (Å²) >= 11 is 0. The molecule has 0 bridgehead atoms. The lowest BCUT2D eigenvalue weighted by Crippen LogP contribution is -2.28. The first-order valence-electron chi connectivity index (χ1n) is 7.92. The van der Waals surface area contributed by atoms with Gasteiger partial charge in [-0.15, -0.1) is 0 Å². The number of pyridine rings is 1. The van der Waals surface area contributed by atoms with Crippen LogP contribution in [0.5, 0.6) is 0 Å². The van der Waals surface area contributed by atoms with Crippen LogP contribution in [0.25, 0.3) is 0 Å². The fourth-order valence-corrected chi connectivity index (χ4v) is 1.57. The van der Waals surface area contributed by atoms with Gasteiger partial charge >= 0.3 is 0 Å². The maximum Gasteiger partial charge on any atom is 0.220 e. The minimum absolute atomic E-state index is 0.0273. The second-order valence-corrected chi connectivity index (χ2v) is 5.29. The Balaban J connectivity index is 0.00000135. The number of nitrogens with zero attached hydrogens (tertiary/aromatic N) is 1. The van der Waals surface area contributed by atoms with Gasteiger partial charge in [0.25, 0.3) is 0 Å². The van der Waals surface area contributed by atoms with Crippen molar-refractivity contribution in [3.63, 3.8) is 0 Å². The van der Waals surface area contributed by atoms with Gasteiger partial charge in [0.1, 0.15) is 11.6 Å². The number of carbonyl (C=O) groups is 2. The second kappa shape index (κ2) is 12.8. The van der Waals surface area contributed by atoms with Gasteiger partial charge < -0.3 is 10.6 Å². The van der Waals surface area contributed by atoms with Crippen LogP contribution in [0.2, 0.25) is 0 Å². The number of nitrogens with one attached hydrogen (secondary N) is 2. The lowest BCUT2D eigenvalue weighted by atomic mass is 10.2. The first kappa shape index (κ1) is 20.1. The van der Waals surface area contributed by atoms with Gasteiger partial charge in [-0.05, 0) is 44.4 Å². The molecule has 1 aromatic heterocycles. The van der Waals surface area contributed by atoms with E-state index >= 15 is 0 Å². The molecule has 1 heterocycles. The Labute approximate surface area is 133 Å². The van der Waals surface area contributed by atoms with Crippen LogP contribution >= 0.6 is 0 Å². The zero-order chi connectivity index (χ0) is 16.8. The molecule has 0 saturated carbocycles. The number of aromatic nitrogens is 1. The molecule has 1 aromatic rings. The SMILES string of the molecule is CC(=O)CNC(=O)CCCCNc1cc(C)ccn1.CCC. The van der Waals surface area contributed by atoms with E-state index in [1.165, 1.54) is 18.9 Å². The molecular formula is C17H29N3O2. The normalized spacial score (nSPS) is 9.45. The predicted octanol–water partition coefficient (Wildman–Crippen LogP) is 3.09. The standard InChI is InChI=1S/C14H21N3O2.C3H8/c1-11-6-8-16-13(9-11)15-7-4-3-5-14(19)17-10-12(2)18;1-3-2/h6,8-9H,3-5,7,10H2,1-2H3,(H,15,16)(H,17,19);3H2,1-2H3. The summed E-state index contributed by atoms with van der Waals surface area (Å²) in [5.74, 6) is 0.769. The summed E-state index contributed by atoms with van der Waals surface area (Å²) in [6, 6.07) is 3.93. The highest BCUT2D eigenvalue weighted by atomic mass is 16.2. The topological polar surface area (TPSA) is 71.1 Å². The molecule has 0 saturated heterocycles. The predicted molar refractivity (Wildman–Crippen MR) is 91.0 cm³/mol. The van der Waals surface area contributed by atoms with E-state index in [0.717, 1.165) is 25.2 Å². The summed E-state index contributed by atoms with van der Waals surface area (Å²) in [5.41, 5.74) is 1.17. The van der Waals surface area contributed by atoms with E-state index in [4.69, 9.17) is 0 Å². The average molecular weight is 307 g/mol. The van der Waals surface area contributed by atoms with Crippen molar-refractivity contribution in [3.05, 3.63) is 23.9 Å². The molecule has 0 atom stereocenters. The molecule has 2 N–H and O–H groups in total. The van der Waals surface area contributed by atoms with E-state index in [1.54, 1.807) is 6.20 Å².